The van der Waals surface area contributed by atoms with Gasteiger partial charge in [0.1, 0.15) is 5.52 Å². The van der Waals surface area contributed by atoms with Crippen molar-refractivity contribution in [2.45, 2.75) is 13.0 Å². The van der Waals surface area contributed by atoms with E-state index in [9.17, 15) is 9.59 Å². The van der Waals surface area contributed by atoms with Crippen molar-refractivity contribution in [3.63, 3.8) is 0 Å². The van der Waals surface area contributed by atoms with Gasteiger partial charge in [0, 0.05) is 24.6 Å². The molecule has 0 fully saturated rings. The molecule has 0 saturated heterocycles. The number of nitrogen functional groups attached to an aromatic ring is 1. The Morgan fingerprint density at radius 2 is 2.22 bits per heavy atom. The van der Waals surface area contributed by atoms with Crippen LogP contribution in [0.2, 0.25) is 0 Å². The fourth-order valence-electron chi connectivity index (χ4n) is 2.95. The van der Waals surface area contributed by atoms with E-state index in [1.807, 2.05) is 0 Å². The average Bonchev–Trinajstić information content (AvgIpc) is 2.89. The standard InChI is InChI=1S/C16H14N4O3/c17-10-1-2-14-13(5-10)20(16(22)23-14)15(21)12-8-19-7-9-6-18-4-3-11(9)12/h1-2,5,7-8,18H,3-4,6,17H2. The van der Waals surface area contributed by atoms with Crippen LogP contribution in [0.4, 0.5) is 5.69 Å². The van der Waals surface area contributed by atoms with Gasteiger partial charge in [0.2, 0.25) is 0 Å². The summed E-state index contributed by atoms with van der Waals surface area (Å²) in [6.45, 7) is 1.45. The van der Waals surface area contributed by atoms with E-state index in [2.05, 4.69) is 10.3 Å². The molecule has 0 saturated carbocycles. The quantitative estimate of drug-likeness (QED) is 0.647. The summed E-state index contributed by atoms with van der Waals surface area (Å²) in [6, 6.07) is 4.76. The molecule has 23 heavy (non-hydrogen) atoms. The molecule has 0 atom stereocenters. The first-order chi connectivity index (χ1) is 11.1. The number of aromatic nitrogens is 2. The van der Waals surface area contributed by atoms with Crippen LogP contribution in [0.3, 0.4) is 0 Å². The fraction of sp³-hybridized carbons (Fsp3) is 0.188. The number of nitrogens with zero attached hydrogens (tertiary/aromatic N) is 2. The van der Waals surface area contributed by atoms with Crippen molar-refractivity contribution in [1.82, 2.24) is 14.9 Å². The second kappa shape index (κ2) is 5.06. The molecule has 3 aromatic rings. The van der Waals surface area contributed by atoms with E-state index in [1.165, 1.54) is 6.20 Å². The van der Waals surface area contributed by atoms with Gasteiger partial charge >= 0.3 is 5.76 Å². The van der Waals surface area contributed by atoms with Gasteiger partial charge in [0.25, 0.3) is 5.91 Å². The number of nitrogens with one attached hydrogen (secondary N) is 1. The summed E-state index contributed by atoms with van der Waals surface area (Å²) in [5.41, 5.74) is 9.24. The van der Waals surface area contributed by atoms with Crippen molar-refractivity contribution < 1.29 is 9.21 Å². The molecule has 4 rings (SSSR count). The lowest BCUT2D eigenvalue weighted by Crippen LogP contribution is -2.29. The summed E-state index contributed by atoms with van der Waals surface area (Å²) >= 11 is 0. The smallest absolute Gasteiger partial charge is 0.407 e. The maximum Gasteiger partial charge on any atom is 0.427 e. The SMILES string of the molecule is Nc1ccc2oc(=O)n(C(=O)c3cncc4c3CCNC4)c2c1. The Labute approximate surface area is 130 Å². The predicted octanol–water partition coefficient (Wildman–Crippen LogP) is 0.906. The van der Waals surface area contributed by atoms with Crippen molar-refractivity contribution >= 4 is 22.7 Å². The van der Waals surface area contributed by atoms with Gasteiger partial charge in [-0.15, -0.1) is 0 Å². The second-order valence-electron chi connectivity index (χ2n) is 5.49. The van der Waals surface area contributed by atoms with Gasteiger partial charge in [-0.2, -0.15) is 0 Å². The Morgan fingerprint density at radius 1 is 1.35 bits per heavy atom. The highest BCUT2D eigenvalue weighted by atomic mass is 16.4. The van der Waals surface area contributed by atoms with Gasteiger partial charge in [-0.3, -0.25) is 9.78 Å². The fourth-order valence-corrected chi connectivity index (χ4v) is 2.95. The summed E-state index contributed by atoms with van der Waals surface area (Å²) in [7, 11) is 0. The Bertz CT molecular complexity index is 987. The Kier molecular flexibility index (Phi) is 3.02. The van der Waals surface area contributed by atoms with Crippen LogP contribution in [0.15, 0.2) is 39.8 Å². The van der Waals surface area contributed by atoms with E-state index in [-0.39, 0.29) is 0 Å². The first kappa shape index (κ1) is 13.7. The molecule has 3 N–H and O–H groups in total. The van der Waals surface area contributed by atoms with Gasteiger partial charge in [0.15, 0.2) is 5.58 Å². The van der Waals surface area contributed by atoms with E-state index < -0.39 is 11.7 Å². The summed E-state index contributed by atoms with van der Waals surface area (Å²) in [5, 5.41) is 3.24. The van der Waals surface area contributed by atoms with Crippen LogP contribution in [0.25, 0.3) is 11.1 Å². The third-order valence-corrected chi connectivity index (χ3v) is 4.05. The van der Waals surface area contributed by atoms with Crippen molar-refractivity contribution in [3.05, 3.63) is 57.8 Å². The molecule has 2 aromatic heterocycles. The number of fused-ring (bicyclic) bond motifs is 2. The number of pyridine rings is 1. The lowest BCUT2D eigenvalue weighted by molar-refractivity contribution is 0.0955. The maximum absolute atomic E-state index is 12.9. The number of benzene rings is 1. The van der Waals surface area contributed by atoms with Gasteiger partial charge in [-0.05, 0) is 42.3 Å². The normalized spacial score (nSPS) is 13.9. The zero-order valence-electron chi connectivity index (χ0n) is 12.2. The van der Waals surface area contributed by atoms with Gasteiger partial charge in [-0.1, -0.05) is 0 Å². The van der Waals surface area contributed by atoms with Crippen LogP contribution < -0.4 is 16.8 Å². The monoisotopic (exact) mass is 310 g/mol. The first-order valence-electron chi connectivity index (χ1n) is 7.27. The highest BCUT2D eigenvalue weighted by molar-refractivity contribution is 6.02. The van der Waals surface area contributed by atoms with Crippen LogP contribution in [0.1, 0.15) is 21.5 Å². The number of carbonyl (C=O) groups excluding carboxylic acids is 1. The number of anilines is 1. The van der Waals surface area contributed by atoms with Gasteiger partial charge in [-0.25, -0.2) is 9.36 Å². The van der Waals surface area contributed by atoms with Gasteiger partial charge in [0.05, 0.1) is 5.56 Å². The third kappa shape index (κ3) is 2.13. The lowest BCUT2D eigenvalue weighted by Gasteiger charge is -2.18. The van der Waals surface area contributed by atoms with E-state index in [4.69, 9.17) is 10.2 Å². The number of hydrogen-bond donors (Lipinski definition) is 2. The molecule has 0 aliphatic carbocycles. The zero-order valence-corrected chi connectivity index (χ0v) is 12.2. The Balaban J connectivity index is 1.92. The number of rotatable bonds is 1. The topological polar surface area (TPSA) is 103 Å². The van der Waals surface area contributed by atoms with Gasteiger partial charge < -0.3 is 15.5 Å². The maximum atomic E-state index is 12.9. The molecule has 116 valence electrons. The molecule has 1 aliphatic heterocycles. The molecule has 0 radical (unpaired) electrons. The molecular formula is C16H14N4O3. The van der Waals surface area contributed by atoms with Crippen LogP contribution >= 0.6 is 0 Å². The largest absolute Gasteiger partial charge is 0.427 e. The van der Waals surface area contributed by atoms with Crippen LogP contribution in [-0.4, -0.2) is 22.0 Å². The van der Waals surface area contributed by atoms with Crippen molar-refractivity contribution in [1.29, 1.82) is 0 Å². The van der Waals surface area contributed by atoms with E-state index in [1.54, 1.807) is 24.4 Å². The third-order valence-electron chi connectivity index (χ3n) is 4.05. The number of nitrogens with two attached hydrogens (primary N) is 1. The molecule has 7 nitrogen and oxygen atoms in total. The molecule has 7 heteroatoms. The first-order valence-corrected chi connectivity index (χ1v) is 7.27. The van der Waals surface area contributed by atoms with Crippen molar-refractivity contribution in [2.75, 3.05) is 12.3 Å². The zero-order chi connectivity index (χ0) is 16.0. The minimum Gasteiger partial charge on any atom is -0.407 e. The lowest BCUT2D eigenvalue weighted by atomic mass is 9.98. The summed E-state index contributed by atoms with van der Waals surface area (Å²) in [4.78, 5) is 29.2. The molecule has 0 amide bonds. The average molecular weight is 310 g/mol. The minimum absolute atomic E-state index is 0.331. The molecule has 0 spiro atoms. The van der Waals surface area contributed by atoms with Crippen LogP contribution in [-0.2, 0) is 13.0 Å². The molecule has 0 bridgehead atoms. The predicted molar refractivity (Wildman–Crippen MR) is 84.3 cm³/mol. The van der Waals surface area contributed by atoms with Crippen molar-refractivity contribution in [3.8, 4) is 0 Å². The molecule has 0 unspecified atom stereocenters. The highest BCUT2D eigenvalue weighted by Gasteiger charge is 2.23. The highest BCUT2D eigenvalue weighted by Crippen LogP contribution is 2.21. The van der Waals surface area contributed by atoms with Crippen LogP contribution in [0.5, 0.6) is 0 Å². The molecular weight excluding hydrogens is 296 g/mol. The second-order valence-corrected chi connectivity index (χ2v) is 5.49. The van der Waals surface area contributed by atoms with Crippen LogP contribution in [0, 0.1) is 0 Å². The van der Waals surface area contributed by atoms with Crippen molar-refractivity contribution in [2.24, 2.45) is 0 Å². The molecule has 1 aromatic carbocycles. The minimum atomic E-state index is -0.720. The number of carbonyl (C=O) groups is 1. The summed E-state index contributed by atoms with van der Waals surface area (Å²) in [6.07, 6.45) is 3.96. The summed E-state index contributed by atoms with van der Waals surface area (Å²) in [5.74, 6) is -1.16. The molecule has 1 aliphatic rings. The Morgan fingerprint density at radius 3 is 3.09 bits per heavy atom. The summed E-state index contributed by atoms with van der Waals surface area (Å²) < 4.78 is 6.16. The van der Waals surface area contributed by atoms with E-state index >= 15 is 0 Å². The van der Waals surface area contributed by atoms with E-state index in [0.29, 0.717) is 35.3 Å². The number of hydrogen-bond acceptors (Lipinski definition) is 6. The Hall–Kier alpha value is -2.93. The van der Waals surface area contributed by atoms with E-state index in [0.717, 1.165) is 22.2 Å². The number of oxazole rings is 1. The molecule has 3 heterocycles.